The van der Waals surface area contributed by atoms with Gasteiger partial charge >= 0.3 is 0 Å². The highest BCUT2D eigenvalue weighted by Crippen LogP contribution is 2.29. The maximum absolute atomic E-state index is 3.49. The Labute approximate surface area is 180 Å². The van der Waals surface area contributed by atoms with Gasteiger partial charge in [-0.2, -0.15) is 0 Å². The van der Waals surface area contributed by atoms with Gasteiger partial charge in [-0.15, -0.1) is 0 Å². The number of hydrogen-bond acceptors (Lipinski definition) is 0. The highest BCUT2D eigenvalue weighted by Gasteiger charge is 2.08. The summed E-state index contributed by atoms with van der Waals surface area (Å²) in [7, 11) is 0. The summed E-state index contributed by atoms with van der Waals surface area (Å²) < 4.78 is 0. The smallest absolute Gasteiger partial charge is 0.0330 e. The van der Waals surface area contributed by atoms with Crippen molar-refractivity contribution in [2.75, 3.05) is 0 Å². The fraction of sp³-hybridized carbons (Fsp3) is 0.133. The van der Waals surface area contributed by atoms with Crippen molar-refractivity contribution in [3.63, 3.8) is 0 Å². The van der Waals surface area contributed by atoms with Gasteiger partial charge in [0.15, 0.2) is 0 Å². The van der Waals surface area contributed by atoms with E-state index >= 15 is 0 Å². The Hall–Kier alpha value is -3.56. The topological polar surface area (TPSA) is 0 Å². The van der Waals surface area contributed by atoms with Crippen molar-refractivity contribution in [2.24, 2.45) is 0 Å². The zero-order valence-electron chi connectivity index (χ0n) is 18.1. The van der Waals surface area contributed by atoms with E-state index in [4.69, 9.17) is 0 Å². The van der Waals surface area contributed by atoms with Gasteiger partial charge in [-0.3, -0.25) is 0 Å². The second-order valence-corrected chi connectivity index (χ2v) is 7.98. The molecule has 0 saturated carbocycles. The molecule has 0 unspecified atom stereocenters. The van der Waals surface area contributed by atoms with E-state index in [1.165, 1.54) is 44.5 Å². The molecule has 0 N–H and O–H groups in total. The lowest BCUT2D eigenvalue weighted by Gasteiger charge is -2.11. The van der Waals surface area contributed by atoms with E-state index < -0.39 is 0 Å². The number of aryl methyl sites for hydroxylation is 4. The Morgan fingerprint density at radius 2 is 0.967 bits per heavy atom. The van der Waals surface area contributed by atoms with Crippen LogP contribution < -0.4 is 0 Å². The molecule has 0 spiro atoms. The fourth-order valence-electron chi connectivity index (χ4n) is 3.95. The van der Waals surface area contributed by atoms with Crippen LogP contribution in [0.5, 0.6) is 0 Å². The molecular formula is C30H26. The van der Waals surface area contributed by atoms with Crippen LogP contribution in [0.4, 0.5) is 0 Å². The van der Waals surface area contributed by atoms with Crippen LogP contribution in [0.15, 0.2) is 84.9 Å². The molecule has 0 aliphatic carbocycles. The van der Waals surface area contributed by atoms with Gasteiger partial charge in [0.1, 0.15) is 0 Å². The van der Waals surface area contributed by atoms with E-state index in [0.29, 0.717) is 0 Å². The minimum Gasteiger partial charge on any atom is -0.0620 e. The summed E-state index contributed by atoms with van der Waals surface area (Å²) in [6.07, 6.45) is 0. The van der Waals surface area contributed by atoms with Crippen LogP contribution in [-0.4, -0.2) is 0 Å². The van der Waals surface area contributed by atoms with Gasteiger partial charge in [-0.05, 0) is 78.8 Å². The fourth-order valence-corrected chi connectivity index (χ4v) is 3.95. The molecule has 30 heavy (non-hydrogen) atoms. The largest absolute Gasteiger partial charge is 0.0620 e. The lowest BCUT2D eigenvalue weighted by molar-refractivity contribution is 1.37. The standard InChI is InChI=1S/C30H26/c1-21-13-17-28(24(4)19-21)30-18-14-22(2)20-26(30)16-15-25-10-6-8-12-29(25)27-11-7-5-9-23(27)3/h5-14,17-20H,1-4H3. The minimum atomic E-state index is 1.06. The summed E-state index contributed by atoms with van der Waals surface area (Å²) in [5.74, 6) is 6.96. The van der Waals surface area contributed by atoms with Crippen molar-refractivity contribution in [3.8, 4) is 34.1 Å². The third kappa shape index (κ3) is 4.07. The number of hydrogen-bond donors (Lipinski definition) is 0. The van der Waals surface area contributed by atoms with Crippen LogP contribution >= 0.6 is 0 Å². The summed E-state index contributed by atoms with van der Waals surface area (Å²) in [6, 6.07) is 30.1. The van der Waals surface area contributed by atoms with Crippen molar-refractivity contribution < 1.29 is 0 Å². The summed E-state index contributed by atoms with van der Waals surface area (Å²) in [4.78, 5) is 0. The van der Waals surface area contributed by atoms with E-state index in [1.54, 1.807) is 0 Å². The highest BCUT2D eigenvalue weighted by atomic mass is 14.1. The van der Waals surface area contributed by atoms with Crippen molar-refractivity contribution in [2.45, 2.75) is 27.7 Å². The van der Waals surface area contributed by atoms with Crippen LogP contribution in [0.1, 0.15) is 33.4 Å². The van der Waals surface area contributed by atoms with Gasteiger partial charge in [-0.1, -0.05) is 90.2 Å². The Morgan fingerprint density at radius 3 is 1.70 bits per heavy atom. The van der Waals surface area contributed by atoms with E-state index in [0.717, 1.165) is 11.1 Å². The molecule has 0 saturated heterocycles. The third-order valence-corrected chi connectivity index (χ3v) is 5.54. The van der Waals surface area contributed by atoms with Crippen molar-refractivity contribution >= 4 is 0 Å². The second-order valence-electron chi connectivity index (χ2n) is 7.98. The SMILES string of the molecule is Cc1ccc(-c2ccc(C)cc2C#Cc2ccccc2-c2ccccc2C)c(C)c1. The van der Waals surface area contributed by atoms with Crippen LogP contribution in [0.2, 0.25) is 0 Å². The first-order valence-corrected chi connectivity index (χ1v) is 10.4. The van der Waals surface area contributed by atoms with E-state index in [9.17, 15) is 0 Å². The lowest BCUT2D eigenvalue weighted by atomic mass is 9.93. The molecule has 0 aliphatic rings. The molecule has 4 aromatic rings. The van der Waals surface area contributed by atoms with Crippen LogP contribution in [0.3, 0.4) is 0 Å². The Bertz CT molecular complexity index is 1280. The van der Waals surface area contributed by atoms with Crippen molar-refractivity contribution in [1.82, 2.24) is 0 Å². The average Bonchev–Trinajstić information content (AvgIpc) is 2.74. The lowest BCUT2D eigenvalue weighted by Crippen LogP contribution is -1.91. The maximum atomic E-state index is 3.49. The number of rotatable bonds is 2. The molecule has 0 amide bonds. The molecule has 0 radical (unpaired) electrons. The molecule has 4 aromatic carbocycles. The van der Waals surface area contributed by atoms with Gasteiger partial charge in [0.2, 0.25) is 0 Å². The van der Waals surface area contributed by atoms with E-state index in [1.807, 2.05) is 0 Å². The molecule has 0 atom stereocenters. The molecule has 0 aromatic heterocycles. The van der Waals surface area contributed by atoms with Crippen molar-refractivity contribution in [1.29, 1.82) is 0 Å². The summed E-state index contributed by atoms with van der Waals surface area (Å²) in [5, 5.41) is 0. The van der Waals surface area contributed by atoms with Crippen LogP contribution in [0, 0.1) is 39.5 Å². The van der Waals surface area contributed by atoms with Gasteiger partial charge in [-0.25, -0.2) is 0 Å². The molecule has 0 heteroatoms. The predicted molar refractivity (Wildman–Crippen MR) is 129 cm³/mol. The molecule has 0 nitrogen and oxygen atoms in total. The predicted octanol–water partition coefficient (Wildman–Crippen LogP) is 7.65. The first-order valence-electron chi connectivity index (χ1n) is 10.4. The highest BCUT2D eigenvalue weighted by molar-refractivity contribution is 5.77. The van der Waals surface area contributed by atoms with E-state index in [2.05, 4.69) is 124 Å². The quantitative estimate of drug-likeness (QED) is 0.310. The van der Waals surface area contributed by atoms with Crippen LogP contribution in [-0.2, 0) is 0 Å². The summed E-state index contributed by atoms with van der Waals surface area (Å²) in [5.41, 5.74) is 12.0. The molecule has 0 fully saturated rings. The van der Waals surface area contributed by atoms with Crippen molar-refractivity contribution in [3.05, 3.63) is 118 Å². The minimum absolute atomic E-state index is 1.06. The Kier molecular flexibility index (Phi) is 5.55. The normalized spacial score (nSPS) is 10.4. The molecule has 0 bridgehead atoms. The molecule has 4 rings (SSSR count). The number of benzene rings is 4. The van der Waals surface area contributed by atoms with Gasteiger partial charge in [0.05, 0.1) is 0 Å². The summed E-state index contributed by atoms with van der Waals surface area (Å²) in [6.45, 7) is 8.58. The first kappa shape index (κ1) is 19.7. The summed E-state index contributed by atoms with van der Waals surface area (Å²) >= 11 is 0. The Morgan fingerprint density at radius 1 is 0.433 bits per heavy atom. The van der Waals surface area contributed by atoms with Gasteiger partial charge < -0.3 is 0 Å². The maximum Gasteiger partial charge on any atom is 0.0330 e. The zero-order valence-corrected chi connectivity index (χ0v) is 18.1. The second kappa shape index (κ2) is 8.44. The molecular weight excluding hydrogens is 360 g/mol. The zero-order chi connectivity index (χ0) is 21.1. The molecule has 0 heterocycles. The molecule has 0 aliphatic heterocycles. The van der Waals surface area contributed by atoms with Gasteiger partial charge in [0.25, 0.3) is 0 Å². The monoisotopic (exact) mass is 386 g/mol. The van der Waals surface area contributed by atoms with Crippen LogP contribution in [0.25, 0.3) is 22.3 Å². The van der Waals surface area contributed by atoms with Gasteiger partial charge in [0, 0.05) is 11.1 Å². The third-order valence-electron chi connectivity index (χ3n) is 5.54. The molecule has 146 valence electrons. The first-order chi connectivity index (χ1) is 14.5. The Balaban J connectivity index is 1.84. The average molecular weight is 387 g/mol. The van der Waals surface area contributed by atoms with E-state index in [-0.39, 0.29) is 0 Å².